The van der Waals surface area contributed by atoms with Crippen LogP contribution in [0.25, 0.3) is 0 Å². The first-order valence-corrected chi connectivity index (χ1v) is 6.73. The van der Waals surface area contributed by atoms with Gasteiger partial charge >= 0.3 is 0 Å². The summed E-state index contributed by atoms with van der Waals surface area (Å²) in [7, 11) is 0. The van der Waals surface area contributed by atoms with Gasteiger partial charge in [0.25, 0.3) is 0 Å². The Kier molecular flexibility index (Phi) is 5.72. The third-order valence-corrected chi connectivity index (χ3v) is 3.29. The molecule has 1 atom stereocenters. The minimum Gasteiger partial charge on any atom is -0.389 e. The van der Waals surface area contributed by atoms with Crippen LogP contribution in [-0.2, 0) is 0 Å². The summed E-state index contributed by atoms with van der Waals surface area (Å²) < 4.78 is 0. The average molecular weight is 271 g/mol. The molecule has 0 fully saturated rings. The van der Waals surface area contributed by atoms with E-state index in [1.54, 1.807) is 0 Å². The summed E-state index contributed by atoms with van der Waals surface area (Å²) in [4.78, 5) is 0.374. The molecule has 1 rings (SSSR count). The first-order valence-electron chi connectivity index (χ1n) is 5.94. The van der Waals surface area contributed by atoms with E-state index in [2.05, 4.69) is 19.2 Å². The van der Waals surface area contributed by atoms with Crippen molar-refractivity contribution in [3.05, 3.63) is 28.8 Å². The minimum atomic E-state index is 0.374. The van der Waals surface area contributed by atoms with Crippen molar-refractivity contribution >= 4 is 34.5 Å². The topological polar surface area (TPSA) is 38.0 Å². The number of thiocarbonyl (C=S) groups is 1. The molecule has 1 aromatic carbocycles. The van der Waals surface area contributed by atoms with Gasteiger partial charge < -0.3 is 11.1 Å². The second kappa shape index (κ2) is 6.82. The maximum Gasteiger partial charge on any atom is 0.104 e. The number of rotatable bonds is 6. The number of hydrogen-bond acceptors (Lipinski definition) is 2. The Morgan fingerprint density at radius 2 is 2.18 bits per heavy atom. The second-order valence-corrected chi connectivity index (χ2v) is 4.94. The number of nitrogens with two attached hydrogens (primary N) is 1. The van der Waals surface area contributed by atoms with Gasteiger partial charge in [0.2, 0.25) is 0 Å². The molecule has 0 aliphatic rings. The molecule has 0 spiro atoms. The van der Waals surface area contributed by atoms with Gasteiger partial charge in [-0.25, -0.2) is 0 Å². The van der Waals surface area contributed by atoms with Crippen LogP contribution in [0.1, 0.15) is 38.7 Å². The molecular weight excluding hydrogens is 252 g/mol. The van der Waals surface area contributed by atoms with E-state index in [1.165, 1.54) is 0 Å². The Morgan fingerprint density at radius 3 is 2.65 bits per heavy atom. The van der Waals surface area contributed by atoms with E-state index >= 15 is 0 Å². The SMILES string of the molecule is CCCC(CC)Nc1ccc(C(N)=S)cc1Cl. The Bertz CT molecular complexity index is 393. The van der Waals surface area contributed by atoms with E-state index in [0.717, 1.165) is 30.5 Å². The van der Waals surface area contributed by atoms with Crippen LogP contribution in [0, 0.1) is 0 Å². The number of benzene rings is 1. The largest absolute Gasteiger partial charge is 0.389 e. The van der Waals surface area contributed by atoms with E-state index in [9.17, 15) is 0 Å². The molecule has 0 bridgehead atoms. The lowest BCUT2D eigenvalue weighted by molar-refractivity contribution is 0.623. The van der Waals surface area contributed by atoms with Crippen molar-refractivity contribution < 1.29 is 0 Å². The summed E-state index contributed by atoms with van der Waals surface area (Å²) in [6, 6.07) is 6.11. The van der Waals surface area contributed by atoms with Crippen LogP contribution < -0.4 is 11.1 Å². The lowest BCUT2D eigenvalue weighted by atomic mass is 10.1. The standard InChI is InChI=1S/C13H19ClN2S/c1-3-5-10(4-2)16-12-7-6-9(13(15)17)8-11(12)14/h6-8,10,16H,3-5H2,1-2H3,(H2,15,17). The third-order valence-electron chi connectivity index (χ3n) is 2.74. The summed E-state index contributed by atoms with van der Waals surface area (Å²) in [6.07, 6.45) is 3.39. The van der Waals surface area contributed by atoms with E-state index in [4.69, 9.17) is 29.6 Å². The van der Waals surface area contributed by atoms with Crippen LogP contribution in [0.3, 0.4) is 0 Å². The highest BCUT2D eigenvalue weighted by atomic mass is 35.5. The van der Waals surface area contributed by atoms with Crippen molar-refractivity contribution in [2.24, 2.45) is 5.73 Å². The van der Waals surface area contributed by atoms with Crippen LogP contribution >= 0.6 is 23.8 Å². The summed E-state index contributed by atoms with van der Waals surface area (Å²) in [5.41, 5.74) is 7.32. The van der Waals surface area contributed by atoms with Crippen LogP contribution in [0.5, 0.6) is 0 Å². The van der Waals surface area contributed by atoms with E-state index in [1.807, 2.05) is 18.2 Å². The van der Waals surface area contributed by atoms with Crippen molar-refractivity contribution in [3.63, 3.8) is 0 Å². The molecule has 0 aliphatic carbocycles. The van der Waals surface area contributed by atoms with Crippen LogP contribution in [-0.4, -0.2) is 11.0 Å². The highest BCUT2D eigenvalue weighted by Crippen LogP contribution is 2.25. The van der Waals surface area contributed by atoms with Gasteiger partial charge in [0.05, 0.1) is 10.7 Å². The fourth-order valence-corrected chi connectivity index (χ4v) is 2.09. The second-order valence-electron chi connectivity index (χ2n) is 4.10. The Labute approximate surface area is 114 Å². The quantitative estimate of drug-likeness (QED) is 0.769. The average Bonchev–Trinajstić information content (AvgIpc) is 2.30. The van der Waals surface area contributed by atoms with Crippen molar-refractivity contribution in [2.45, 2.75) is 39.2 Å². The zero-order valence-corrected chi connectivity index (χ0v) is 11.9. The molecule has 0 aromatic heterocycles. The van der Waals surface area contributed by atoms with Crippen molar-refractivity contribution in [2.75, 3.05) is 5.32 Å². The molecule has 0 saturated carbocycles. The number of anilines is 1. The van der Waals surface area contributed by atoms with Gasteiger partial charge in [0, 0.05) is 11.6 Å². The van der Waals surface area contributed by atoms with E-state index in [-0.39, 0.29) is 0 Å². The fourth-order valence-electron chi connectivity index (χ4n) is 1.73. The Balaban J connectivity index is 2.81. The first kappa shape index (κ1) is 14.3. The van der Waals surface area contributed by atoms with Crippen LogP contribution in [0.15, 0.2) is 18.2 Å². The Hall–Kier alpha value is -0.800. The lowest BCUT2D eigenvalue weighted by Gasteiger charge is -2.18. The van der Waals surface area contributed by atoms with Crippen molar-refractivity contribution in [1.29, 1.82) is 0 Å². The minimum absolute atomic E-state index is 0.374. The van der Waals surface area contributed by atoms with Gasteiger partial charge in [0.1, 0.15) is 4.99 Å². The highest BCUT2D eigenvalue weighted by Gasteiger charge is 2.08. The molecule has 2 nitrogen and oxygen atoms in total. The van der Waals surface area contributed by atoms with Gasteiger partial charge in [-0.2, -0.15) is 0 Å². The smallest absolute Gasteiger partial charge is 0.104 e. The van der Waals surface area contributed by atoms with Gasteiger partial charge in [-0.3, -0.25) is 0 Å². The third kappa shape index (κ3) is 4.17. The predicted molar refractivity (Wildman–Crippen MR) is 79.9 cm³/mol. The predicted octanol–water partition coefficient (Wildman–Crippen LogP) is 3.96. The van der Waals surface area contributed by atoms with Gasteiger partial charge in [-0.05, 0) is 31.0 Å². The molecular formula is C13H19ClN2S. The molecule has 0 heterocycles. The molecule has 17 heavy (non-hydrogen) atoms. The summed E-state index contributed by atoms with van der Waals surface area (Å²) in [5, 5.41) is 4.12. The molecule has 94 valence electrons. The molecule has 0 radical (unpaired) electrons. The molecule has 0 amide bonds. The van der Waals surface area contributed by atoms with Gasteiger partial charge in [-0.15, -0.1) is 0 Å². The normalized spacial score (nSPS) is 12.2. The lowest BCUT2D eigenvalue weighted by Crippen LogP contribution is -2.18. The van der Waals surface area contributed by atoms with Crippen molar-refractivity contribution in [3.8, 4) is 0 Å². The maximum atomic E-state index is 6.20. The summed E-state index contributed by atoms with van der Waals surface area (Å²) in [5.74, 6) is 0. The number of hydrogen-bond donors (Lipinski definition) is 2. The first-order chi connectivity index (χ1) is 8.08. The van der Waals surface area contributed by atoms with Crippen molar-refractivity contribution in [1.82, 2.24) is 0 Å². The molecule has 0 aliphatic heterocycles. The molecule has 4 heteroatoms. The zero-order valence-electron chi connectivity index (χ0n) is 10.3. The maximum absolute atomic E-state index is 6.20. The molecule has 1 aromatic rings. The van der Waals surface area contributed by atoms with Crippen LogP contribution in [0.2, 0.25) is 5.02 Å². The van der Waals surface area contributed by atoms with E-state index in [0.29, 0.717) is 16.1 Å². The Morgan fingerprint density at radius 1 is 1.47 bits per heavy atom. The fraction of sp³-hybridized carbons (Fsp3) is 0.462. The van der Waals surface area contributed by atoms with Gasteiger partial charge in [0.15, 0.2) is 0 Å². The monoisotopic (exact) mass is 270 g/mol. The van der Waals surface area contributed by atoms with Gasteiger partial charge in [-0.1, -0.05) is 44.1 Å². The van der Waals surface area contributed by atoms with Crippen LogP contribution in [0.4, 0.5) is 5.69 Å². The summed E-state index contributed by atoms with van der Waals surface area (Å²) in [6.45, 7) is 4.35. The number of halogens is 1. The highest BCUT2D eigenvalue weighted by molar-refractivity contribution is 7.80. The zero-order chi connectivity index (χ0) is 12.8. The number of nitrogens with one attached hydrogen (secondary N) is 1. The summed E-state index contributed by atoms with van der Waals surface area (Å²) >= 11 is 11.1. The molecule has 1 unspecified atom stereocenters. The molecule has 0 saturated heterocycles. The molecule has 3 N–H and O–H groups in total. The van der Waals surface area contributed by atoms with E-state index < -0.39 is 0 Å².